The van der Waals surface area contributed by atoms with Gasteiger partial charge in [0.15, 0.2) is 0 Å². The highest BCUT2D eigenvalue weighted by Crippen LogP contribution is 2.32. The minimum atomic E-state index is 0.114. The van der Waals surface area contributed by atoms with E-state index in [1.807, 2.05) is 23.8 Å². The fourth-order valence-electron chi connectivity index (χ4n) is 3.04. The van der Waals surface area contributed by atoms with Crippen molar-refractivity contribution in [1.82, 2.24) is 4.57 Å². The van der Waals surface area contributed by atoms with Gasteiger partial charge in [-0.3, -0.25) is 4.79 Å². The summed E-state index contributed by atoms with van der Waals surface area (Å²) in [6.07, 6.45) is 5.50. The van der Waals surface area contributed by atoms with Crippen LogP contribution in [0.5, 0.6) is 0 Å². The Morgan fingerprint density at radius 1 is 1.26 bits per heavy atom. The molecule has 1 heterocycles. The van der Waals surface area contributed by atoms with Crippen molar-refractivity contribution in [3.63, 3.8) is 0 Å². The van der Waals surface area contributed by atoms with Crippen LogP contribution < -0.4 is 5.56 Å². The largest absolute Gasteiger partial charge is 0.315 e. The lowest BCUT2D eigenvalue weighted by atomic mass is 9.83. The molecule has 19 heavy (non-hydrogen) atoms. The number of benzene rings is 1. The molecule has 1 atom stereocenters. The molecule has 0 N–H and O–H groups in total. The smallest absolute Gasteiger partial charge is 0.250 e. The van der Waals surface area contributed by atoms with Crippen molar-refractivity contribution in [2.24, 2.45) is 0 Å². The first-order valence-electron chi connectivity index (χ1n) is 6.99. The lowest BCUT2D eigenvalue weighted by Crippen LogP contribution is -2.24. The Morgan fingerprint density at radius 3 is 2.95 bits per heavy atom. The summed E-state index contributed by atoms with van der Waals surface area (Å²) in [5.74, 6) is 0.477. The van der Waals surface area contributed by atoms with E-state index in [1.165, 1.54) is 30.4 Å². The van der Waals surface area contributed by atoms with Gasteiger partial charge in [-0.15, -0.1) is 0 Å². The summed E-state index contributed by atoms with van der Waals surface area (Å²) in [6, 6.07) is 12.4. The van der Waals surface area contributed by atoms with Crippen LogP contribution in [0.1, 0.15) is 35.4 Å². The Hall–Kier alpha value is -1.83. The number of nitrogens with zero attached hydrogens (tertiary/aromatic N) is 1. The van der Waals surface area contributed by atoms with Crippen molar-refractivity contribution >= 4 is 0 Å². The minimum Gasteiger partial charge on any atom is -0.315 e. The predicted octanol–water partition coefficient (Wildman–Crippen LogP) is 3.28. The van der Waals surface area contributed by atoms with E-state index in [-0.39, 0.29) is 5.56 Å². The SMILES string of the molecule is Cc1ccn(CC2CCCc3ccccc32)c(=O)c1. The van der Waals surface area contributed by atoms with Crippen LogP contribution in [0.2, 0.25) is 0 Å². The zero-order chi connectivity index (χ0) is 13.2. The van der Waals surface area contributed by atoms with Gasteiger partial charge in [0, 0.05) is 24.7 Å². The Balaban J connectivity index is 1.90. The first-order valence-corrected chi connectivity index (χ1v) is 6.99. The standard InChI is InChI=1S/C17H19NO/c1-13-9-10-18(17(19)11-13)12-15-7-4-6-14-5-2-3-8-16(14)15/h2-3,5,8-11,15H,4,6-7,12H2,1H3. The maximum absolute atomic E-state index is 12.0. The number of aryl methyl sites for hydroxylation is 2. The summed E-state index contributed by atoms with van der Waals surface area (Å²) < 4.78 is 1.85. The molecule has 1 aliphatic carbocycles. The third kappa shape index (κ3) is 2.48. The minimum absolute atomic E-state index is 0.114. The van der Waals surface area contributed by atoms with Crippen LogP contribution in [-0.2, 0) is 13.0 Å². The highest BCUT2D eigenvalue weighted by atomic mass is 16.1. The van der Waals surface area contributed by atoms with Crippen molar-refractivity contribution in [3.8, 4) is 0 Å². The van der Waals surface area contributed by atoms with Crippen LogP contribution in [-0.4, -0.2) is 4.57 Å². The lowest BCUT2D eigenvalue weighted by molar-refractivity contribution is 0.475. The predicted molar refractivity (Wildman–Crippen MR) is 77.6 cm³/mol. The number of hydrogen-bond acceptors (Lipinski definition) is 1. The van der Waals surface area contributed by atoms with Gasteiger partial charge in [0.1, 0.15) is 0 Å². The fourth-order valence-corrected chi connectivity index (χ4v) is 3.04. The van der Waals surface area contributed by atoms with Gasteiger partial charge in [0.25, 0.3) is 5.56 Å². The van der Waals surface area contributed by atoms with Gasteiger partial charge in [0.2, 0.25) is 0 Å². The summed E-state index contributed by atoms with van der Waals surface area (Å²) in [7, 11) is 0. The molecule has 2 heteroatoms. The average molecular weight is 253 g/mol. The van der Waals surface area contributed by atoms with Crippen LogP contribution >= 0.6 is 0 Å². The lowest BCUT2D eigenvalue weighted by Gasteiger charge is -2.26. The number of pyridine rings is 1. The maximum atomic E-state index is 12.0. The monoisotopic (exact) mass is 253 g/mol. The molecule has 0 spiro atoms. The molecule has 0 saturated heterocycles. The Bertz CT molecular complexity index is 642. The fraction of sp³-hybridized carbons (Fsp3) is 0.353. The first-order chi connectivity index (χ1) is 9.24. The van der Waals surface area contributed by atoms with E-state index in [4.69, 9.17) is 0 Å². The van der Waals surface area contributed by atoms with E-state index in [0.29, 0.717) is 5.92 Å². The van der Waals surface area contributed by atoms with Gasteiger partial charge in [0.05, 0.1) is 0 Å². The molecule has 0 saturated carbocycles. The zero-order valence-corrected chi connectivity index (χ0v) is 11.3. The summed E-state index contributed by atoms with van der Waals surface area (Å²) in [6.45, 7) is 2.76. The van der Waals surface area contributed by atoms with Gasteiger partial charge < -0.3 is 4.57 Å². The number of aromatic nitrogens is 1. The van der Waals surface area contributed by atoms with Gasteiger partial charge in [-0.2, -0.15) is 0 Å². The van der Waals surface area contributed by atoms with Crippen LogP contribution in [0.15, 0.2) is 47.4 Å². The third-order valence-electron chi connectivity index (χ3n) is 4.06. The van der Waals surface area contributed by atoms with Crippen molar-refractivity contribution in [1.29, 1.82) is 0 Å². The van der Waals surface area contributed by atoms with Gasteiger partial charge in [-0.05, 0) is 48.9 Å². The summed E-state index contributed by atoms with van der Waals surface area (Å²) >= 11 is 0. The maximum Gasteiger partial charge on any atom is 0.250 e. The summed E-state index contributed by atoms with van der Waals surface area (Å²) in [5.41, 5.74) is 4.04. The van der Waals surface area contributed by atoms with Crippen molar-refractivity contribution in [2.45, 2.75) is 38.6 Å². The molecule has 1 aromatic heterocycles. The van der Waals surface area contributed by atoms with Crippen molar-refractivity contribution < 1.29 is 0 Å². The molecule has 3 rings (SSSR count). The van der Waals surface area contributed by atoms with Crippen LogP contribution in [0.25, 0.3) is 0 Å². The molecular weight excluding hydrogens is 234 g/mol. The molecule has 0 fully saturated rings. The van der Waals surface area contributed by atoms with E-state index >= 15 is 0 Å². The second-order valence-corrected chi connectivity index (χ2v) is 5.48. The zero-order valence-electron chi connectivity index (χ0n) is 11.3. The van der Waals surface area contributed by atoms with E-state index in [9.17, 15) is 4.79 Å². The number of fused-ring (bicyclic) bond motifs is 1. The van der Waals surface area contributed by atoms with Crippen molar-refractivity contribution in [3.05, 3.63) is 69.6 Å². The van der Waals surface area contributed by atoms with Crippen LogP contribution in [0, 0.1) is 6.92 Å². The summed E-state index contributed by atoms with van der Waals surface area (Å²) in [4.78, 5) is 12.0. The topological polar surface area (TPSA) is 22.0 Å². The molecule has 0 bridgehead atoms. The Morgan fingerprint density at radius 2 is 2.11 bits per heavy atom. The van der Waals surface area contributed by atoms with E-state index in [0.717, 1.165) is 12.1 Å². The number of rotatable bonds is 2. The molecule has 0 amide bonds. The molecule has 2 nitrogen and oxygen atoms in total. The molecule has 2 aromatic rings. The van der Waals surface area contributed by atoms with Crippen molar-refractivity contribution in [2.75, 3.05) is 0 Å². The van der Waals surface area contributed by atoms with Gasteiger partial charge >= 0.3 is 0 Å². The van der Waals surface area contributed by atoms with E-state index in [1.54, 1.807) is 6.07 Å². The number of hydrogen-bond donors (Lipinski definition) is 0. The highest BCUT2D eigenvalue weighted by Gasteiger charge is 2.20. The Kier molecular flexibility index (Phi) is 3.24. The Labute approximate surface area is 113 Å². The highest BCUT2D eigenvalue weighted by molar-refractivity contribution is 5.32. The van der Waals surface area contributed by atoms with Gasteiger partial charge in [-0.1, -0.05) is 24.3 Å². The molecule has 1 aromatic carbocycles. The van der Waals surface area contributed by atoms with Crippen LogP contribution in [0.4, 0.5) is 0 Å². The quantitative estimate of drug-likeness (QED) is 0.805. The average Bonchev–Trinajstić information content (AvgIpc) is 2.42. The normalized spacial score (nSPS) is 18.1. The summed E-state index contributed by atoms with van der Waals surface area (Å²) in [5, 5.41) is 0. The first kappa shape index (κ1) is 12.2. The second-order valence-electron chi connectivity index (χ2n) is 5.48. The van der Waals surface area contributed by atoms with E-state index < -0.39 is 0 Å². The molecular formula is C17H19NO. The third-order valence-corrected chi connectivity index (χ3v) is 4.06. The van der Waals surface area contributed by atoms with E-state index in [2.05, 4.69) is 24.3 Å². The second kappa shape index (κ2) is 5.04. The van der Waals surface area contributed by atoms with Crippen LogP contribution in [0.3, 0.4) is 0 Å². The molecule has 98 valence electrons. The molecule has 1 aliphatic rings. The molecule has 0 aliphatic heterocycles. The van der Waals surface area contributed by atoms with Gasteiger partial charge in [-0.25, -0.2) is 0 Å². The molecule has 0 radical (unpaired) electrons. The molecule has 1 unspecified atom stereocenters.